The van der Waals surface area contributed by atoms with Crippen molar-refractivity contribution in [2.24, 2.45) is 0 Å². The lowest BCUT2D eigenvalue weighted by molar-refractivity contribution is -0.385. The summed E-state index contributed by atoms with van der Waals surface area (Å²) in [6.45, 7) is 2.87. The van der Waals surface area contributed by atoms with E-state index >= 15 is 0 Å². The van der Waals surface area contributed by atoms with Crippen LogP contribution in [0, 0.1) is 17.0 Å². The molecule has 3 aromatic rings. The summed E-state index contributed by atoms with van der Waals surface area (Å²) >= 11 is 1.37. The molecule has 32 heavy (non-hydrogen) atoms. The minimum Gasteiger partial charge on any atom is -0.493 e. The number of nitro groups is 1. The lowest BCUT2D eigenvalue weighted by Crippen LogP contribution is -2.37. The molecule has 0 N–H and O–H groups in total. The van der Waals surface area contributed by atoms with Crippen molar-refractivity contribution >= 4 is 38.3 Å². The zero-order chi connectivity index (χ0) is 22.8. The molecular weight excluding hydrogens is 434 g/mol. The van der Waals surface area contributed by atoms with Crippen molar-refractivity contribution in [1.82, 2.24) is 4.98 Å². The molecule has 0 aliphatic carbocycles. The van der Waals surface area contributed by atoms with Crippen LogP contribution in [0.3, 0.4) is 0 Å². The smallest absolute Gasteiger partial charge is 0.286 e. The van der Waals surface area contributed by atoms with Gasteiger partial charge < -0.3 is 14.2 Å². The molecular formula is C22H23N3O6S. The molecule has 1 aliphatic heterocycles. The summed E-state index contributed by atoms with van der Waals surface area (Å²) < 4.78 is 17.2. The molecule has 1 aromatic heterocycles. The van der Waals surface area contributed by atoms with Crippen LogP contribution in [0.2, 0.25) is 0 Å². The maximum absolute atomic E-state index is 13.7. The number of ether oxygens (including phenoxy) is 3. The Balaban J connectivity index is 1.81. The molecule has 0 radical (unpaired) electrons. The summed E-state index contributed by atoms with van der Waals surface area (Å²) in [5.74, 6) is -0.126. The highest BCUT2D eigenvalue weighted by Crippen LogP contribution is 2.37. The van der Waals surface area contributed by atoms with Gasteiger partial charge in [-0.15, -0.1) is 0 Å². The molecule has 1 aliphatic rings. The van der Waals surface area contributed by atoms with Crippen LogP contribution in [0.25, 0.3) is 10.2 Å². The fourth-order valence-corrected chi connectivity index (χ4v) is 4.78. The first-order valence-electron chi connectivity index (χ1n) is 10.1. The normalized spacial score (nSPS) is 15.7. The number of thiazole rings is 1. The topological polar surface area (TPSA) is 104 Å². The van der Waals surface area contributed by atoms with Crippen LogP contribution >= 0.6 is 11.3 Å². The van der Waals surface area contributed by atoms with Gasteiger partial charge in [0.05, 0.1) is 48.1 Å². The zero-order valence-electron chi connectivity index (χ0n) is 18.0. The number of aryl methyl sites for hydroxylation is 1. The van der Waals surface area contributed by atoms with Gasteiger partial charge in [-0.25, -0.2) is 4.98 Å². The van der Waals surface area contributed by atoms with Gasteiger partial charge in [-0.3, -0.25) is 19.8 Å². The van der Waals surface area contributed by atoms with E-state index in [9.17, 15) is 14.9 Å². The number of anilines is 1. The highest BCUT2D eigenvalue weighted by Gasteiger charge is 2.32. The lowest BCUT2D eigenvalue weighted by atomic mass is 10.1. The second-order valence-corrected chi connectivity index (χ2v) is 8.51. The van der Waals surface area contributed by atoms with Crippen LogP contribution in [0.4, 0.5) is 10.8 Å². The minimum absolute atomic E-state index is 0.0962. The maximum atomic E-state index is 13.7. The summed E-state index contributed by atoms with van der Waals surface area (Å²) in [5.41, 5.74) is 1.39. The molecule has 4 rings (SSSR count). The quantitative estimate of drug-likeness (QED) is 0.384. The van der Waals surface area contributed by atoms with Crippen LogP contribution in [-0.4, -0.2) is 49.3 Å². The van der Waals surface area contributed by atoms with Gasteiger partial charge in [0, 0.05) is 12.7 Å². The molecule has 1 atom stereocenters. The average Bonchev–Trinajstić information content (AvgIpc) is 3.45. The van der Waals surface area contributed by atoms with Crippen molar-refractivity contribution in [3.63, 3.8) is 0 Å². The summed E-state index contributed by atoms with van der Waals surface area (Å²) in [4.78, 5) is 31.0. The Morgan fingerprint density at radius 1 is 1.28 bits per heavy atom. The standard InChI is InChI=1S/C22H23N3O6S/c1-13-6-7-16-20(9-13)32-22(23-16)24(12-14-5-4-8-31-14)21(26)15-10-18(29-2)19(30-3)11-17(15)25(27)28/h6-7,9-11,14H,4-5,8,12H2,1-3H3. The van der Waals surface area contributed by atoms with E-state index in [1.54, 1.807) is 0 Å². The number of hydrogen-bond acceptors (Lipinski definition) is 8. The Hall–Kier alpha value is -3.24. The minimum atomic E-state index is -0.596. The van der Waals surface area contributed by atoms with Crippen LogP contribution < -0.4 is 14.4 Å². The number of nitrogens with zero attached hydrogens (tertiary/aromatic N) is 3. The average molecular weight is 458 g/mol. The van der Waals surface area contributed by atoms with Crippen LogP contribution in [0.1, 0.15) is 28.8 Å². The van der Waals surface area contributed by atoms with Crippen molar-refractivity contribution in [2.75, 3.05) is 32.3 Å². The number of rotatable bonds is 7. The Labute approximate surface area is 188 Å². The second-order valence-electron chi connectivity index (χ2n) is 7.50. The van der Waals surface area contributed by atoms with E-state index in [-0.39, 0.29) is 35.4 Å². The van der Waals surface area contributed by atoms with Crippen molar-refractivity contribution in [3.8, 4) is 11.5 Å². The summed E-state index contributed by atoms with van der Waals surface area (Å²) in [7, 11) is 2.80. The third kappa shape index (κ3) is 4.23. The molecule has 2 aromatic carbocycles. The molecule has 2 heterocycles. The lowest BCUT2D eigenvalue weighted by Gasteiger charge is -2.23. The SMILES string of the molecule is COc1cc(C(=O)N(CC2CCCO2)c2nc3ccc(C)cc3s2)c([N+](=O)[O-])cc1OC. The van der Waals surface area contributed by atoms with E-state index in [2.05, 4.69) is 4.98 Å². The molecule has 1 unspecified atom stereocenters. The monoisotopic (exact) mass is 457 g/mol. The first kappa shape index (κ1) is 22.0. The molecule has 168 valence electrons. The first-order valence-corrected chi connectivity index (χ1v) is 10.9. The molecule has 1 saturated heterocycles. The van der Waals surface area contributed by atoms with Crippen molar-refractivity contribution in [3.05, 3.63) is 51.6 Å². The number of methoxy groups -OCH3 is 2. The molecule has 0 saturated carbocycles. The van der Waals surface area contributed by atoms with Crippen LogP contribution in [0.5, 0.6) is 11.5 Å². The number of aromatic nitrogens is 1. The molecule has 10 heteroatoms. The van der Waals surface area contributed by atoms with E-state index in [4.69, 9.17) is 14.2 Å². The number of fused-ring (bicyclic) bond motifs is 1. The number of hydrogen-bond donors (Lipinski definition) is 0. The number of carbonyl (C=O) groups is 1. The van der Waals surface area contributed by atoms with Gasteiger partial charge in [0.15, 0.2) is 16.6 Å². The van der Waals surface area contributed by atoms with E-state index in [1.165, 1.54) is 42.6 Å². The number of carbonyl (C=O) groups excluding carboxylic acids is 1. The largest absolute Gasteiger partial charge is 0.493 e. The molecule has 0 bridgehead atoms. The fraction of sp³-hybridized carbons (Fsp3) is 0.364. The third-order valence-corrected chi connectivity index (χ3v) is 6.39. The van der Waals surface area contributed by atoms with E-state index in [0.717, 1.165) is 28.6 Å². The van der Waals surface area contributed by atoms with Crippen LogP contribution in [0.15, 0.2) is 30.3 Å². The van der Waals surface area contributed by atoms with Gasteiger partial charge in [0.1, 0.15) is 5.56 Å². The highest BCUT2D eigenvalue weighted by molar-refractivity contribution is 7.22. The number of nitro benzene ring substituents is 1. The van der Waals surface area contributed by atoms with Crippen molar-refractivity contribution in [1.29, 1.82) is 0 Å². The predicted octanol–water partition coefficient (Wildman–Crippen LogP) is 4.36. The summed E-state index contributed by atoms with van der Waals surface area (Å²) in [5, 5.41) is 12.2. The van der Waals surface area contributed by atoms with Gasteiger partial charge >= 0.3 is 0 Å². The first-order chi connectivity index (χ1) is 15.4. The Kier molecular flexibility index (Phi) is 6.24. The van der Waals surface area contributed by atoms with Crippen molar-refractivity contribution in [2.45, 2.75) is 25.9 Å². The fourth-order valence-electron chi connectivity index (χ4n) is 3.71. The highest BCUT2D eigenvalue weighted by atomic mass is 32.1. The molecule has 1 amide bonds. The van der Waals surface area contributed by atoms with Gasteiger partial charge in [0.2, 0.25) is 0 Å². The number of amides is 1. The van der Waals surface area contributed by atoms with Gasteiger partial charge in [-0.05, 0) is 37.5 Å². The molecule has 1 fully saturated rings. The zero-order valence-corrected chi connectivity index (χ0v) is 18.8. The third-order valence-electron chi connectivity index (χ3n) is 5.35. The Morgan fingerprint density at radius 3 is 2.69 bits per heavy atom. The second kappa shape index (κ2) is 9.09. The van der Waals surface area contributed by atoms with Gasteiger partial charge in [-0.1, -0.05) is 17.4 Å². The Bertz CT molecular complexity index is 1170. The van der Waals surface area contributed by atoms with Gasteiger partial charge in [-0.2, -0.15) is 0 Å². The Morgan fingerprint density at radius 2 is 2.03 bits per heavy atom. The number of benzene rings is 2. The van der Waals surface area contributed by atoms with Gasteiger partial charge in [0.25, 0.3) is 11.6 Å². The van der Waals surface area contributed by atoms with Crippen molar-refractivity contribution < 1.29 is 23.9 Å². The summed E-state index contributed by atoms with van der Waals surface area (Å²) in [6, 6.07) is 8.41. The van der Waals surface area contributed by atoms with E-state index in [1.807, 2.05) is 25.1 Å². The van der Waals surface area contributed by atoms with Crippen LogP contribution in [-0.2, 0) is 4.74 Å². The van der Waals surface area contributed by atoms with E-state index < -0.39 is 10.8 Å². The van der Waals surface area contributed by atoms with E-state index in [0.29, 0.717) is 11.7 Å². The molecule has 0 spiro atoms. The predicted molar refractivity (Wildman–Crippen MR) is 121 cm³/mol. The maximum Gasteiger partial charge on any atom is 0.286 e. The molecule has 9 nitrogen and oxygen atoms in total. The summed E-state index contributed by atoms with van der Waals surface area (Å²) in [6.07, 6.45) is 1.55.